The van der Waals surface area contributed by atoms with Crippen LogP contribution in [-0.4, -0.2) is 39.4 Å². The number of hydrogen-bond donors (Lipinski definition) is 3. The Hall–Kier alpha value is -1.10. The van der Waals surface area contributed by atoms with Crippen molar-refractivity contribution in [3.8, 4) is 5.75 Å². The molecule has 1 aromatic carbocycles. The topological polar surface area (TPSA) is 63.9 Å². The van der Waals surface area contributed by atoms with Crippen LogP contribution in [0.2, 0.25) is 0 Å². The third-order valence-electron chi connectivity index (χ3n) is 5.23. The highest BCUT2D eigenvalue weighted by molar-refractivity contribution is 5.44. The molecule has 3 rings (SSSR count). The van der Waals surface area contributed by atoms with Gasteiger partial charge in [0, 0.05) is 24.7 Å². The van der Waals surface area contributed by atoms with E-state index in [1.54, 1.807) is 6.07 Å². The SMILES string of the molecule is CC(C)C[C@@H]1CN2CCc3cc(CO)c(O)cc3[C@H]2C[C@@H]1O. The van der Waals surface area contributed by atoms with Gasteiger partial charge < -0.3 is 15.3 Å². The summed E-state index contributed by atoms with van der Waals surface area (Å²) in [5.74, 6) is 1.12. The first kappa shape index (κ1) is 15.8. The van der Waals surface area contributed by atoms with Gasteiger partial charge in [-0.25, -0.2) is 0 Å². The van der Waals surface area contributed by atoms with Crippen LogP contribution in [0, 0.1) is 11.8 Å². The maximum absolute atomic E-state index is 10.5. The first-order chi connectivity index (χ1) is 10.5. The van der Waals surface area contributed by atoms with Crippen molar-refractivity contribution in [3.05, 3.63) is 28.8 Å². The van der Waals surface area contributed by atoms with Crippen molar-refractivity contribution in [1.29, 1.82) is 0 Å². The summed E-state index contributed by atoms with van der Waals surface area (Å²) in [5, 5.41) is 29.9. The Kier molecular flexibility index (Phi) is 4.44. The number of aromatic hydroxyl groups is 1. The number of aliphatic hydroxyl groups is 2. The van der Waals surface area contributed by atoms with Gasteiger partial charge in [-0.3, -0.25) is 4.90 Å². The number of hydrogen-bond acceptors (Lipinski definition) is 4. The highest BCUT2D eigenvalue weighted by atomic mass is 16.3. The number of rotatable bonds is 3. The summed E-state index contributed by atoms with van der Waals surface area (Å²) in [6.07, 6.45) is 2.48. The molecule has 2 aliphatic rings. The first-order valence-corrected chi connectivity index (χ1v) is 8.37. The molecule has 1 fully saturated rings. The number of phenols is 1. The van der Waals surface area contributed by atoms with Crippen LogP contribution in [0.25, 0.3) is 0 Å². The lowest BCUT2D eigenvalue weighted by molar-refractivity contribution is -0.0191. The van der Waals surface area contributed by atoms with E-state index in [2.05, 4.69) is 18.7 Å². The smallest absolute Gasteiger partial charge is 0.121 e. The Morgan fingerprint density at radius 2 is 2.09 bits per heavy atom. The van der Waals surface area contributed by atoms with Crippen molar-refractivity contribution in [2.45, 2.75) is 51.9 Å². The van der Waals surface area contributed by atoms with Crippen LogP contribution in [0.1, 0.15) is 49.4 Å². The fourth-order valence-corrected chi connectivity index (χ4v) is 4.15. The molecule has 3 atom stereocenters. The number of benzene rings is 1. The molecule has 1 aromatic rings. The third kappa shape index (κ3) is 2.87. The van der Waals surface area contributed by atoms with Gasteiger partial charge in [0.15, 0.2) is 0 Å². The maximum atomic E-state index is 10.5. The molecule has 0 amide bonds. The van der Waals surface area contributed by atoms with E-state index >= 15 is 0 Å². The van der Waals surface area contributed by atoms with Crippen molar-refractivity contribution in [3.63, 3.8) is 0 Å². The summed E-state index contributed by atoms with van der Waals surface area (Å²) >= 11 is 0. The van der Waals surface area contributed by atoms with Gasteiger partial charge in [-0.15, -0.1) is 0 Å². The lowest BCUT2D eigenvalue weighted by atomic mass is 9.79. The zero-order chi connectivity index (χ0) is 15.9. The number of nitrogens with zero attached hydrogens (tertiary/aromatic N) is 1. The second-order valence-electron chi connectivity index (χ2n) is 7.29. The molecule has 1 saturated heterocycles. The van der Waals surface area contributed by atoms with E-state index in [-0.39, 0.29) is 24.5 Å². The maximum Gasteiger partial charge on any atom is 0.121 e. The van der Waals surface area contributed by atoms with Gasteiger partial charge in [0.25, 0.3) is 0 Å². The fraction of sp³-hybridized carbons (Fsp3) is 0.667. The van der Waals surface area contributed by atoms with Gasteiger partial charge in [0.1, 0.15) is 5.75 Å². The minimum Gasteiger partial charge on any atom is -0.508 e. The molecule has 0 radical (unpaired) electrons. The molecule has 0 bridgehead atoms. The molecule has 0 spiro atoms. The molecule has 122 valence electrons. The standard InChI is InChI=1S/C18H27NO3/c1-11(2)5-13-9-19-4-3-12-6-14(10-20)17(21)7-15(12)16(19)8-18(13)22/h6-7,11,13,16,18,20-22H,3-5,8-10H2,1-2H3/t13-,16-,18+/m1/s1. The van der Waals surface area contributed by atoms with Gasteiger partial charge in [-0.2, -0.15) is 0 Å². The van der Waals surface area contributed by atoms with Gasteiger partial charge in [-0.05, 0) is 54.4 Å². The van der Waals surface area contributed by atoms with E-state index in [1.165, 1.54) is 5.56 Å². The van der Waals surface area contributed by atoms with Crippen LogP contribution in [0.5, 0.6) is 5.75 Å². The van der Waals surface area contributed by atoms with Crippen molar-refractivity contribution in [2.24, 2.45) is 11.8 Å². The quantitative estimate of drug-likeness (QED) is 0.801. The molecular formula is C18H27NO3. The Labute approximate surface area is 132 Å². The normalized spacial score (nSPS) is 28.5. The van der Waals surface area contributed by atoms with E-state index in [1.807, 2.05) is 6.07 Å². The zero-order valence-electron chi connectivity index (χ0n) is 13.5. The van der Waals surface area contributed by atoms with Crippen LogP contribution in [0.15, 0.2) is 12.1 Å². The lowest BCUT2D eigenvalue weighted by Crippen LogP contribution is -2.48. The predicted octanol–water partition coefficient (Wildman–Crippen LogP) is 2.21. The van der Waals surface area contributed by atoms with E-state index in [0.717, 1.165) is 37.9 Å². The van der Waals surface area contributed by atoms with Crippen molar-refractivity contribution in [1.82, 2.24) is 4.90 Å². The Bertz CT molecular complexity index is 543. The van der Waals surface area contributed by atoms with E-state index < -0.39 is 0 Å². The van der Waals surface area contributed by atoms with Crippen LogP contribution in [0.3, 0.4) is 0 Å². The number of fused-ring (bicyclic) bond motifs is 3. The summed E-state index contributed by atoms with van der Waals surface area (Å²) < 4.78 is 0. The Balaban J connectivity index is 1.85. The van der Waals surface area contributed by atoms with Gasteiger partial charge in [0.2, 0.25) is 0 Å². The van der Waals surface area contributed by atoms with Crippen LogP contribution < -0.4 is 0 Å². The lowest BCUT2D eigenvalue weighted by Gasteiger charge is -2.46. The second-order valence-corrected chi connectivity index (χ2v) is 7.29. The van der Waals surface area contributed by atoms with Gasteiger partial charge >= 0.3 is 0 Å². The monoisotopic (exact) mass is 305 g/mol. The highest BCUT2D eigenvalue weighted by Gasteiger charge is 2.38. The van der Waals surface area contributed by atoms with E-state index in [9.17, 15) is 15.3 Å². The Morgan fingerprint density at radius 1 is 1.32 bits per heavy atom. The molecule has 2 heterocycles. The molecule has 22 heavy (non-hydrogen) atoms. The molecule has 0 saturated carbocycles. The summed E-state index contributed by atoms with van der Waals surface area (Å²) in [6, 6.07) is 3.92. The molecular weight excluding hydrogens is 278 g/mol. The van der Waals surface area contributed by atoms with Crippen LogP contribution >= 0.6 is 0 Å². The molecule has 0 unspecified atom stereocenters. The molecule has 2 aliphatic heterocycles. The average molecular weight is 305 g/mol. The third-order valence-corrected chi connectivity index (χ3v) is 5.23. The summed E-state index contributed by atoms with van der Waals surface area (Å²) in [6.45, 7) is 6.21. The molecule has 4 nitrogen and oxygen atoms in total. The first-order valence-electron chi connectivity index (χ1n) is 8.37. The van der Waals surface area contributed by atoms with Crippen LogP contribution in [0.4, 0.5) is 0 Å². The summed E-state index contributed by atoms with van der Waals surface area (Å²) in [4.78, 5) is 2.46. The number of aliphatic hydroxyl groups excluding tert-OH is 2. The van der Waals surface area contributed by atoms with Crippen LogP contribution in [-0.2, 0) is 13.0 Å². The second kappa shape index (κ2) is 6.19. The average Bonchev–Trinajstić information content (AvgIpc) is 2.47. The Morgan fingerprint density at radius 3 is 2.77 bits per heavy atom. The molecule has 0 aromatic heterocycles. The van der Waals surface area contributed by atoms with Gasteiger partial charge in [0.05, 0.1) is 12.7 Å². The number of piperidine rings is 1. The summed E-state index contributed by atoms with van der Waals surface area (Å²) in [7, 11) is 0. The predicted molar refractivity (Wildman–Crippen MR) is 85.6 cm³/mol. The van der Waals surface area contributed by atoms with E-state index in [0.29, 0.717) is 17.4 Å². The summed E-state index contributed by atoms with van der Waals surface area (Å²) in [5.41, 5.74) is 2.93. The largest absolute Gasteiger partial charge is 0.508 e. The van der Waals surface area contributed by atoms with Crippen molar-refractivity contribution < 1.29 is 15.3 Å². The van der Waals surface area contributed by atoms with Gasteiger partial charge in [-0.1, -0.05) is 13.8 Å². The van der Waals surface area contributed by atoms with Crippen molar-refractivity contribution in [2.75, 3.05) is 13.1 Å². The highest BCUT2D eigenvalue weighted by Crippen LogP contribution is 2.41. The molecule has 4 heteroatoms. The minimum atomic E-state index is -0.269. The fourth-order valence-electron chi connectivity index (χ4n) is 4.15. The molecule has 3 N–H and O–H groups in total. The molecule has 0 aliphatic carbocycles. The minimum absolute atomic E-state index is 0.132. The van der Waals surface area contributed by atoms with E-state index in [4.69, 9.17) is 0 Å². The zero-order valence-corrected chi connectivity index (χ0v) is 13.5. The van der Waals surface area contributed by atoms with Crippen molar-refractivity contribution >= 4 is 0 Å².